The van der Waals surface area contributed by atoms with Crippen LogP contribution in [0.4, 0.5) is 0 Å². The van der Waals surface area contributed by atoms with Crippen LogP contribution in [0.2, 0.25) is 0 Å². The van der Waals surface area contributed by atoms with Crippen LogP contribution in [-0.2, 0) is 19.4 Å². The maximum atomic E-state index is 6.35. The van der Waals surface area contributed by atoms with Crippen LogP contribution >= 0.6 is 17.0 Å². The predicted octanol–water partition coefficient (Wildman–Crippen LogP) is 6.13. The summed E-state index contributed by atoms with van der Waals surface area (Å²) >= 11 is -2.40. The van der Waals surface area contributed by atoms with Crippen molar-refractivity contribution in [1.29, 1.82) is 0 Å². The molecular weight excluding hydrogens is 354 g/mol. The summed E-state index contributed by atoms with van der Waals surface area (Å²) in [6, 6.07) is 0. The molecule has 0 aliphatic heterocycles. The van der Waals surface area contributed by atoms with Gasteiger partial charge in [-0.15, -0.1) is 0 Å². The van der Waals surface area contributed by atoms with Crippen molar-refractivity contribution in [3.63, 3.8) is 0 Å². The van der Waals surface area contributed by atoms with E-state index in [4.69, 9.17) is 17.0 Å². The molecule has 0 bridgehead atoms. The monoisotopic (exact) mass is 371 g/mol. The Bertz CT molecular complexity index is 576. The second-order valence-corrected chi connectivity index (χ2v) is 13.7. The molecule has 101 valence electrons. The van der Waals surface area contributed by atoms with Gasteiger partial charge in [0, 0.05) is 0 Å². The first kappa shape index (κ1) is 15.6. The van der Waals surface area contributed by atoms with Crippen LogP contribution in [0.5, 0.6) is 0 Å². The van der Waals surface area contributed by atoms with Crippen molar-refractivity contribution >= 4 is 17.0 Å². The topological polar surface area (TPSA) is 0 Å². The molecule has 0 heterocycles. The molecule has 0 amide bonds. The molecule has 0 aromatic heterocycles. The fourth-order valence-corrected chi connectivity index (χ4v) is 7.53. The fraction of sp³-hybridized carbons (Fsp3) is 0.375. The van der Waals surface area contributed by atoms with E-state index in [1.807, 2.05) is 0 Å². The molecule has 0 nitrogen and oxygen atoms in total. The molecule has 0 radical (unpaired) electrons. The van der Waals surface area contributed by atoms with Gasteiger partial charge in [0.25, 0.3) is 0 Å². The van der Waals surface area contributed by atoms with Gasteiger partial charge in [-0.2, -0.15) is 0 Å². The van der Waals surface area contributed by atoms with E-state index in [1.165, 1.54) is 42.3 Å². The summed E-state index contributed by atoms with van der Waals surface area (Å²) in [7, 11) is 12.7. The van der Waals surface area contributed by atoms with E-state index in [2.05, 4.69) is 46.8 Å². The van der Waals surface area contributed by atoms with E-state index in [0.717, 1.165) is 6.42 Å². The Morgan fingerprint density at radius 3 is 2.11 bits per heavy atom. The van der Waals surface area contributed by atoms with E-state index in [1.54, 1.807) is 0 Å². The van der Waals surface area contributed by atoms with Gasteiger partial charge in [0.1, 0.15) is 0 Å². The Labute approximate surface area is 131 Å². The van der Waals surface area contributed by atoms with Crippen molar-refractivity contribution in [3.8, 4) is 0 Å². The van der Waals surface area contributed by atoms with Crippen LogP contribution in [-0.4, -0.2) is 0 Å². The van der Waals surface area contributed by atoms with Gasteiger partial charge in [0.2, 0.25) is 0 Å². The van der Waals surface area contributed by atoms with Crippen molar-refractivity contribution < 1.29 is 19.4 Å². The standard InChI is InChI=1S/C16H19.2ClH.Zr/c1-10(2)13-8-14-6-12(5)7-16(14)15(9-13)11(3)4;;;/h7-8H,9H2,1-5H3;2*1H;/q;;;+2/p-2. The minimum atomic E-state index is -2.40. The first-order valence-electron chi connectivity index (χ1n) is 6.49. The van der Waals surface area contributed by atoms with E-state index in [0.29, 0.717) is 0 Å². The molecule has 19 heavy (non-hydrogen) atoms. The summed E-state index contributed by atoms with van der Waals surface area (Å²) in [6.45, 7) is 10.9. The van der Waals surface area contributed by atoms with Crippen LogP contribution in [0.15, 0.2) is 54.4 Å². The summed E-state index contributed by atoms with van der Waals surface area (Å²) in [4.78, 5) is 0. The molecular formula is C16H19Cl2Zr. The Balaban J connectivity index is 2.66. The molecule has 2 aliphatic rings. The maximum absolute atomic E-state index is 6.35. The average Bonchev–Trinajstić information content (AvgIpc) is 2.62. The van der Waals surface area contributed by atoms with E-state index in [-0.39, 0.29) is 0 Å². The van der Waals surface area contributed by atoms with Crippen LogP contribution in [0, 0.1) is 0 Å². The zero-order valence-electron chi connectivity index (χ0n) is 12.1. The van der Waals surface area contributed by atoms with Crippen LogP contribution in [0.25, 0.3) is 0 Å². The number of hydrogen-bond donors (Lipinski definition) is 0. The Morgan fingerprint density at radius 1 is 1.00 bits per heavy atom. The van der Waals surface area contributed by atoms with Gasteiger partial charge >= 0.3 is 132 Å². The second-order valence-electron chi connectivity index (χ2n) is 5.62. The number of hydrogen-bond acceptors (Lipinski definition) is 0. The predicted molar refractivity (Wildman–Crippen MR) is 81.9 cm³/mol. The third-order valence-corrected chi connectivity index (χ3v) is 8.56. The Kier molecular flexibility index (Phi) is 4.81. The Morgan fingerprint density at radius 2 is 1.63 bits per heavy atom. The van der Waals surface area contributed by atoms with Gasteiger partial charge in [0.05, 0.1) is 0 Å². The molecule has 0 aromatic rings. The minimum absolute atomic E-state index is 1.03. The van der Waals surface area contributed by atoms with Gasteiger partial charge < -0.3 is 0 Å². The molecule has 0 spiro atoms. The number of halogens is 2. The number of rotatable bonds is 1. The average molecular weight is 373 g/mol. The molecule has 3 heteroatoms. The quantitative estimate of drug-likeness (QED) is 0.519. The molecule has 0 N–H and O–H groups in total. The van der Waals surface area contributed by atoms with Gasteiger partial charge in [-0.05, 0) is 0 Å². The summed E-state index contributed by atoms with van der Waals surface area (Å²) in [5.41, 5.74) is 9.55. The zero-order chi connectivity index (χ0) is 14.3. The van der Waals surface area contributed by atoms with Crippen molar-refractivity contribution in [2.24, 2.45) is 0 Å². The molecule has 0 fully saturated rings. The van der Waals surface area contributed by atoms with Gasteiger partial charge in [-0.25, -0.2) is 0 Å². The van der Waals surface area contributed by atoms with Crippen LogP contribution < -0.4 is 0 Å². The van der Waals surface area contributed by atoms with Crippen LogP contribution in [0.1, 0.15) is 41.0 Å². The third-order valence-electron chi connectivity index (χ3n) is 3.76. The number of allylic oxidation sites excluding steroid dienone is 10. The molecule has 0 atom stereocenters. The van der Waals surface area contributed by atoms with E-state index >= 15 is 0 Å². The SMILES string of the molecule is CC(C)=C1C=C2C(=CC(C)=[C]2[Zr]([Cl])[Cl])C(=C(C)C)C1. The fourth-order valence-electron chi connectivity index (χ4n) is 2.64. The molecule has 0 unspecified atom stereocenters. The summed E-state index contributed by atoms with van der Waals surface area (Å²) in [5, 5.41) is 0. The third kappa shape index (κ3) is 2.94. The first-order chi connectivity index (χ1) is 8.82. The second kappa shape index (κ2) is 5.88. The van der Waals surface area contributed by atoms with Crippen LogP contribution in [0.3, 0.4) is 0 Å². The normalized spacial score (nSPS) is 18.3. The number of fused-ring (bicyclic) bond motifs is 1. The van der Waals surface area contributed by atoms with Crippen molar-refractivity contribution in [3.05, 3.63) is 54.4 Å². The van der Waals surface area contributed by atoms with E-state index in [9.17, 15) is 0 Å². The van der Waals surface area contributed by atoms with Gasteiger partial charge in [-0.1, -0.05) is 0 Å². The van der Waals surface area contributed by atoms with Crippen molar-refractivity contribution in [2.75, 3.05) is 0 Å². The zero-order valence-corrected chi connectivity index (χ0v) is 16.1. The van der Waals surface area contributed by atoms with Crippen molar-refractivity contribution in [1.82, 2.24) is 0 Å². The molecule has 0 saturated heterocycles. The first-order valence-corrected chi connectivity index (χ1v) is 14.0. The van der Waals surface area contributed by atoms with E-state index < -0.39 is 19.4 Å². The molecule has 2 rings (SSSR count). The summed E-state index contributed by atoms with van der Waals surface area (Å²) < 4.78 is 1.26. The van der Waals surface area contributed by atoms with Gasteiger partial charge in [-0.3, -0.25) is 0 Å². The summed E-state index contributed by atoms with van der Waals surface area (Å²) in [6.07, 6.45) is 5.62. The summed E-state index contributed by atoms with van der Waals surface area (Å²) in [5.74, 6) is 0. The van der Waals surface area contributed by atoms with Crippen molar-refractivity contribution in [2.45, 2.75) is 41.0 Å². The van der Waals surface area contributed by atoms with Gasteiger partial charge in [0.15, 0.2) is 0 Å². The Hall–Kier alpha value is 0.163. The molecule has 0 aromatic carbocycles. The molecule has 0 saturated carbocycles. The molecule has 2 aliphatic carbocycles.